The van der Waals surface area contributed by atoms with Gasteiger partial charge in [0, 0.05) is 14.0 Å². The second-order valence-corrected chi connectivity index (χ2v) is 2.57. The molecule has 6 heteroatoms. The molecule has 1 unspecified atom stereocenters. The average molecular weight is 206 g/mol. The molecule has 1 N–H and O–H groups in total. The van der Waals surface area contributed by atoms with Crippen LogP contribution in [0.3, 0.4) is 0 Å². The van der Waals surface area contributed by atoms with Crippen molar-refractivity contribution < 1.29 is 28.9 Å². The van der Waals surface area contributed by atoms with E-state index in [0.29, 0.717) is 0 Å². The largest absolute Gasteiger partial charge is 0.460 e. The Hall–Kier alpha value is -1.14. The number of ether oxygens (including phenoxy) is 3. The van der Waals surface area contributed by atoms with Gasteiger partial charge in [-0.05, 0) is 0 Å². The quantitative estimate of drug-likeness (QED) is 0.567. The first kappa shape index (κ1) is 12.9. The Kier molecular flexibility index (Phi) is 6.69. The lowest BCUT2D eigenvalue weighted by Gasteiger charge is -2.09. The molecule has 0 rings (SSSR count). The van der Waals surface area contributed by atoms with E-state index in [0.717, 1.165) is 0 Å². The Morgan fingerprint density at radius 2 is 1.93 bits per heavy atom. The summed E-state index contributed by atoms with van der Waals surface area (Å²) in [5.41, 5.74) is 0. The van der Waals surface area contributed by atoms with E-state index in [1.807, 2.05) is 0 Å². The zero-order chi connectivity index (χ0) is 11.0. The fraction of sp³-hybridized carbons (Fsp3) is 0.750. The molecule has 0 aromatic carbocycles. The fourth-order valence-corrected chi connectivity index (χ4v) is 0.632. The molecule has 0 fully saturated rings. The van der Waals surface area contributed by atoms with Gasteiger partial charge in [0.15, 0.2) is 6.61 Å². The summed E-state index contributed by atoms with van der Waals surface area (Å²) in [5, 5.41) is 9.07. The molecule has 0 aliphatic rings. The third-order valence-corrected chi connectivity index (χ3v) is 1.19. The minimum Gasteiger partial charge on any atom is -0.460 e. The summed E-state index contributed by atoms with van der Waals surface area (Å²) in [7, 11) is 1.42. The van der Waals surface area contributed by atoms with E-state index in [-0.39, 0.29) is 13.2 Å². The van der Waals surface area contributed by atoms with Crippen LogP contribution in [0, 0.1) is 0 Å². The lowest BCUT2D eigenvalue weighted by Crippen LogP contribution is -2.25. The number of hydrogen-bond acceptors (Lipinski definition) is 6. The molecule has 0 bridgehead atoms. The highest BCUT2D eigenvalue weighted by Gasteiger charge is 2.09. The Morgan fingerprint density at radius 3 is 2.43 bits per heavy atom. The van der Waals surface area contributed by atoms with E-state index in [1.54, 1.807) is 0 Å². The predicted molar refractivity (Wildman–Crippen MR) is 45.5 cm³/mol. The van der Waals surface area contributed by atoms with Gasteiger partial charge in [0.2, 0.25) is 0 Å². The minimum atomic E-state index is -0.860. The maximum absolute atomic E-state index is 10.8. The van der Waals surface area contributed by atoms with Gasteiger partial charge in [-0.1, -0.05) is 0 Å². The van der Waals surface area contributed by atoms with Gasteiger partial charge in [-0.2, -0.15) is 0 Å². The van der Waals surface area contributed by atoms with Crippen LogP contribution in [0.2, 0.25) is 0 Å². The van der Waals surface area contributed by atoms with Crippen molar-refractivity contribution in [2.24, 2.45) is 0 Å². The predicted octanol–water partition coefficient (Wildman–Crippen LogP) is -0.900. The number of methoxy groups -OCH3 is 1. The summed E-state index contributed by atoms with van der Waals surface area (Å²) in [4.78, 5) is 21.1. The van der Waals surface area contributed by atoms with Crippen LogP contribution in [0.15, 0.2) is 0 Å². The maximum atomic E-state index is 10.8. The molecule has 0 saturated carbocycles. The number of aliphatic hydroxyl groups is 1. The van der Waals surface area contributed by atoms with Gasteiger partial charge in [0.1, 0.15) is 12.7 Å². The van der Waals surface area contributed by atoms with Crippen molar-refractivity contribution in [2.75, 3.05) is 26.9 Å². The van der Waals surface area contributed by atoms with Crippen molar-refractivity contribution in [3.63, 3.8) is 0 Å². The molecule has 0 aliphatic carbocycles. The Balaban J connectivity index is 3.48. The SMILES string of the molecule is COCC(O)COC(=O)COC(C)=O. The average Bonchev–Trinajstić information content (AvgIpc) is 2.12. The van der Waals surface area contributed by atoms with Gasteiger partial charge in [-0.25, -0.2) is 4.79 Å². The summed E-state index contributed by atoms with van der Waals surface area (Å²) < 4.78 is 13.5. The highest BCUT2D eigenvalue weighted by atomic mass is 16.6. The number of rotatable bonds is 6. The van der Waals surface area contributed by atoms with Gasteiger partial charge >= 0.3 is 11.9 Å². The monoisotopic (exact) mass is 206 g/mol. The minimum absolute atomic E-state index is 0.0842. The van der Waals surface area contributed by atoms with Crippen molar-refractivity contribution in [3.8, 4) is 0 Å². The van der Waals surface area contributed by atoms with Gasteiger partial charge in [-0.3, -0.25) is 4.79 Å². The van der Waals surface area contributed by atoms with Gasteiger partial charge in [0.05, 0.1) is 6.61 Å². The first-order valence-corrected chi connectivity index (χ1v) is 4.02. The zero-order valence-electron chi connectivity index (χ0n) is 8.19. The van der Waals surface area contributed by atoms with Crippen molar-refractivity contribution in [3.05, 3.63) is 0 Å². The van der Waals surface area contributed by atoms with Crippen LogP contribution in [0.5, 0.6) is 0 Å². The molecule has 0 heterocycles. The van der Waals surface area contributed by atoms with Crippen LogP contribution < -0.4 is 0 Å². The van der Waals surface area contributed by atoms with E-state index >= 15 is 0 Å². The highest BCUT2D eigenvalue weighted by Crippen LogP contribution is 1.88. The van der Waals surface area contributed by atoms with E-state index < -0.39 is 24.6 Å². The molecule has 0 aromatic heterocycles. The third-order valence-electron chi connectivity index (χ3n) is 1.19. The van der Waals surface area contributed by atoms with E-state index in [1.165, 1.54) is 14.0 Å². The van der Waals surface area contributed by atoms with E-state index in [2.05, 4.69) is 14.2 Å². The van der Waals surface area contributed by atoms with Crippen molar-refractivity contribution in [1.82, 2.24) is 0 Å². The molecular formula is C8H14O6. The molecule has 0 radical (unpaired) electrons. The summed E-state index contributed by atoms with van der Waals surface area (Å²) in [6.45, 7) is 0.664. The van der Waals surface area contributed by atoms with Crippen LogP contribution in [0.1, 0.15) is 6.92 Å². The lowest BCUT2D eigenvalue weighted by atomic mass is 10.4. The second-order valence-electron chi connectivity index (χ2n) is 2.57. The number of carbonyl (C=O) groups is 2. The van der Waals surface area contributed by atoms with Crippen LogP contribution in [-0.4, -0.2) is 50.1 Å². The number of carbonyl (C=O) groups excluding carboxylic acids is 2. The normalized spacial score (nSPS) is 11.9. The van der Waals surface area contributed by atoms with Crippen molar-refractivity contribution in [2.45, 2.75) is 13.0 Å². The van der Waals surface area contributed by atoms with E-state index in [9.17, 15) is 9.59 Å². The molecule has 14 heavy (non-hydrogen) atoms. The summed E-state index contributed by atoms with van der Waals surface area (Å²) >= 11 is 0. The third kappa shape index (κ3) is 7.51. The first-order chi connectivity index (χ1) is 6.56. The molecular weight excluding hydrogens is 192 g/mol. The van der Waals surface area contributed by atoms with E-state index in [4.69, 9.17) is 5.11 Å². The molecule has 82 valence electrons. The molecule has 1 atom stereocenters. The van der Waals surface area contributed by atoms with Crippen LogP contribution in [0.4, 0.5) is 0 Å². The summed E-state index contributed by atoms with van der Waals surface area (Å²) in [6.07, 6.45) is -0.860. The standard InChI is InChI=1S/C8H14O6/c1-6(9)13-5-8(11)14-4-7(10)3-12-2/h7,10H,3-5H2,1-2H3. The first-order valence-electron chi connectivity index (χ1n) is 4.02. The van der Waals surface area contributed by atoms with Crippen molar-refractivity contribution in [1.29, 1.82) is 0 Å². The Bertz CT molecular complexity index is 190. The van der Waals surface area contributed by atoms with Crippen LogP contribution in [-0.2, 0) is 23.8 Å². The number of hydrogen-bond donors (Lipinski definition) is 1. The Morgan fingerprint density at radius 1 is 1.29 bits per heavy atom. The molecule has 0 spiro atoms. The zero-order valence-corrected chi connectivity index (χ0v) is 8.19. The van der Waals surface area contributed by atoms with Gasteiger partial charge in [-0.15, -0.1) is 0 Å². The van der Waals surface area contributed by atoms with Gasteiger partial charge < -0.3 is 19.3 Å². The van der Waals surface area contributed by atoms with Gasteiger partial charge in [0.25, 0.3) is 0 Å². The fourth-order valence-electron chi connectivity index (χ4n) is 0.632. The molecule has 0 amide bonds. The number of esters is 2. The smallest absolute Gasteiger partial charge is 0.344 e. The lowest BCUT2D eigenvalue weighted by molar-refractivity contribution is -0.160. The van der Waals surface area contributed by atoms with Crippen LogP contribution >= 0.6 is 0 Å². The Labute approximate surface area is 81.8 Å². The number of aliphatic hydroxyl groups excluding tert-OH is 1. The second kappa shape index (κ2) is 7.28. The maximum Gasteiger partial charge on any atom is 0.344 e. The summed E-state index contributed by atoms with van der Waals surface area (Å²) in [6, 6.07) is 0. The van der Waals surface area contributed by atoms with Crippen LogP contribution in [0.25, 0.3) is 0 Å². The molecule has 0 aromatic rings. The molecule has 6 nitrogen and oxygen atoms in total. The topological polar surface area (TPSA) is 82.1 Å². The summed E-state index contributed by atoms with van der Waals surface area (Å²) in [5.74, 6) is -1.25. The molecule has 0 saturated heterocycles. The molecule has 0 aliphatic heterocycles. The highest BCUT2D eigenvalue weighted by molar-refractivity contribution is 5.75. The van der Waals surface area contributed by atoms with Crippen molar-refractivity contribution >= 4 is 11.9 Å².